The van der Waals surface area contributed by atoms with Crippen LogP contribution in [0.4, 0.5) is 0 Å². The lowest BCUT2D eigenvalue weighted by molar-refractivity contribution is 0.724. The van der Waals surface area contributed by atoms with Crippen LogP contribution in [0.5, 0.6) is 0 Å². The molecule has 0 aromatic carbocycles. The molecule has 34 heavy (non-hydrogen) atoms. The predicted octanol–water partition coefficient (Wildman–Crippen LogP) is 4.73. The Morgan fingerprint density at radius 3 is 2.65 bits per heavy atom. The van der Waals surface area contributed by atoms with Crippen LogP contribution in [0.15, 0.2) is 73.4 Å². The van der Waals surface area contributed by atoms with E-state index in [2.05, 4.69) is 54.5 Å². The zero-order valence-electron chi connectivity index (χ0n) is 18.6. The fourth-order valence-corrected chi connectivity index (χ4v) is 4.16. The molecule has 3 N–H and O–H groups in total. The fourth-order valence-electron chi connectivity index (χ4n) is 4.16. The molecule has 0 aliphatic rings. The van der Waals surface area contributed by atoms with Crippen molar-refractivity contribution in [3.63, 3.8) is 0 Å². The van der Waals surface area contributed by atoms with Crippen molar-refractivity contribution >= 4 is 21.9 Å². The minimum Gasteiger partial charge on any atom is -0.353 e. The van der Waals surface area contributed by atoms with E-state index in [1.54, 1.807) is 12.4 Å². The molecule has 166 valence electrons. The first-order valence-corrected chi connectivity index (χ1v) is 11.2. The first-order valence-electron chi connectivity index (χ1n) is 11.2. The quantitative estimate of drug-likeness (QED) is 0.341. The minimum absolute atomic E-state index is 0.769. The number of pyridine rings is 4. The van der Waals surface area contributed by atoms with Gasteiger partial charge in [-0.1, -0.05) is 6.92 Å². The third kappa shape index (κ3) is 3.60. The number of hydrogen-bond acceptors (Lipinski definition) is 6. The normalized spacial score (nSPS) is 11.4. The van der Waals surface area contributed by atoms with Crippen LogP contribution in [-0.4, -0.2) is 41.7 Å². The first kappa shape index (κ1) is 20.2. The zero-order valence-corrected chi connectivity index (χ0v) is 18.6. The average Bonchev–Trinajstić information content (AvgIpc) is 3.51. The Kier molecular flexibility index (Phi) is 5.04. The molecular formula is C26H22N8. The summed E-state index contributed by atoms with van der Waals surface area (Å²) >= 11 is 0. The molecule has 0 saturated heterocycles. The molecule has 8 heteroatoms. The van der Waals surface area contributed by atoms with E-state index in [0.717, 1.165) is 74.5 Å². The molecular weight excluding hydrogens is 424 g/mol. The van der Waals surface area contributed by atoms with Crippen LogP contribution in [0, 0.1) is 0 Å². The van der Waals surface area contributed by atoms with E-state index in [1.165, 1.54) is 0 Å². The van der Waals surface area contributed by atoms with Crippen LogP contribution >= 0.6 is 0 Å². The van der Waals surface area contributed by atoms with Crippen molar-refractivity contribution in [1.82, 2.24) is 40.4 Å². The Morgan fingerprint density at radius 2 is 1.76 bits per heavy atom. The van der Waals surface area contributed by atoms with Gasteiger partial charge in [-0.05, 0) is 54.6 Å². The number of nitrogens with zero attached hydrogens (tertiary/aromatic N) is 5. The van der Waals surface area contributed by atoms with Crippen molar-refractivity contribution in [2.45, 2.75) is 13.5 Å². The Hall–Kier alpha value is -4.43. The van der Waals surface area contributed by atoms with Gasteiger partial charge in [-0.3, -0.25) is 20.1 Å². The summed E-state index contributed by atoms with van der Waals surface area (Å²) < 4.78 is 0. The van der Waals surface area contributed by atoms with E-state index in [1.807, 2.05) is 48.9 Å². The highest BCUT2D eigenvalue weighted by Gasteiger charge is 2.16. The summed E-state index contributed by atoms with van der Waals surface area (Å²) in [5.41, 5.74) is 9.20. The largest absolute Gasteiger partial charge is 0.353 e. The van der Waals surface area contributed by atoms with Crippen LogP contribution in [0.2, 0.25) is 0 Å². The summed E-state index contributed by atoms with van der Waals surface area (Å²) in [6, 6.07) is 14.1. The lowest BCUT2D eigenvalue weighted by atomic mass is 10.1. The van der Waals surface area contributed by atoms with Crippen LogP contribution < -0.4 is 5.32 Å². The molecule has 8 nitrogen and oxygen atoms in total. The van der Waals surface area contributed by atoms with Crippen molar-refractivity contribution in [3.05, 3.63) is 79.0 Å². The van der Waals surface area contributed by atoms with Gasteiger partial charge in [0.2, 0.25) is 0 Å². The number of fused-ring (bicyclic) bond motifs is 2. The molecule has 0 saturated carbocycles. The number of aromatic nitrogens is 7. The van der Waals surface area contributed by atoms with Crippen molar-refractivity contribution in [1.29, 1.82) is 0 Å². The van der Waals surface area contributed by atoms with Gasteiger partial charge in [-0.2, -0.15) is 5.10 Å². The van der Waals surface area contributed by atoms with E-state index >= 15 is 0 Å². The number of hydrogen-bond donors (Lipinski definition) is 3. The maximum absolute atomic E-state index is 4.96. The lowest BCUT2D eigenvalue weighted by Gasteiger charge is -2.05. The molecule has 0 amide bonds. The van der Waals surface area contributed by atoms with Crippen molar-refractivity contribution in [2.24, 2.45) is 0 Å². The van der Waals surface area contributed by atoms with Gasteiger partial charge in [0.25, 0.3) is 0 Å². The van der Waals surface area contributed by atoms with Crippen molar-refractivity contribution in [2.75, 3.05) is 6.54 Å². The van der Waals surface area contributed by atoms with Gasteiger partial charge < -0.3 is 10.3 Å². The smallest absolute Gasteiger partial charge is 0.135 e. The summed E-state index contributed by atoms with van der Waals surface area (Å²) in [4.78, 5) is 21.6. The first-order chi connectivity index (χ1) is 16.8. The van der Waals surface area contributed by atoms with Crippen molar-refractivity contribution < 1.29 is 0 Å². The number of nitrogens with one attached hydrogen (secondary N) is 3. The summed E-state index contributed by atoms with van der Waals surface area (Å²) in [6.45, 7) is 3.78. The number of rotatable bonds is 6. The lowest BCUT2D eigenvalue weighted by Crippen LogP contribution is -2.11. The van der Waals surface area contributed by atoms with E-state index in [4.69, 9.17) is 4.98 Å². The maximum Gasteiger partial charge on any atom is 0.135 e. The Balaban J connectivity index is 1.44. The summed E-state index contributed by atoms with van der Waals surface area (Å²) in [5.74, 6) is 0. The molecule has 0 radical (unpaired) electrons. The molecule has 6 heterocycles. The maximum atomic E-state index is 4.96. The molecule has 0 atom stereocenters. The van der Waals surface area contributed by atoms with Gasteiger partial charge in [-0.25, -0.2) is 4.98 Å². The zero-order chi connectivity index (χ0) is 22.9. The molecule has 0 bridgehead atoms. The van der Waals surface area contributed by atoms with Gasteiger partial charge in [0.05, 0.1) is 22.6 Å². The fraction of sp³-hybridized carbons (Fsp3) is 0.115. The molecule has 0 aliphatic heterocycles. The highest BCUT2D eigenvalue weighted by molar-refractivity contribution is 5.99. The number of aromatic amines is 2. The molecule has 6 aromatic heterocycles. The number of H-pyrrole nitrogens is 2. The second kappa shape index (κ2) is 8.49. The van der Waals surface area contributed by atoms with Crippen LogP contribution in [-0.2, 0) is 6.54 Å². The molecule has 0 aliphatic carbocycles. The van der Waals surface area contributed by atoms with E-state index in [9.17, 15) is 0 Å². The third-order valence-electron chi connectivity index (χ3n) is 5.83. The van der Waals surface area contributed by atoms with Crippen LogP contribution in [0.3, 0.4) is 0 Å². The molecule has 0 spiro atoms. The van der Waals surface area contributed by atoms with Crippen molar-refractivity contribution in [3.8, 4) is 33.9 Å². The topological polar surface area (TPSA) is 108 Å². The predicted molar refractivity (Wildman–Crippen MR) is 133 cm³/mol. The Bertz CT molecular complexity index is 1600. The van der Waals surface area contributed by atoms with E-state index in [0.29, 0.717) is 0 Å². The molecule has 6 rings (SSSR count). The second-order valence-electron chi connectivity index (χ2n) is 8.07. The standard InChI is InChI=1S/C26H22N8/c1-2-27-13-16-11-18(15-29-14-16)20-3-4-22-25(32-20)26(34-33-22)23-12-19-21(31-23)7-10-30-24(19)17-5-8-28-9-6-17/h3-12,14-15,27,31H,2,13H2,1H3,(H,33,34). The SMILES string of the molecule is CCNCc1cncc(-c2ccc3[nH]nc(-c4cc5c(-c6ccncc6)nccc5[nH]4)c3n2)c1. The molecule has 0 unspecified atom stereocenters. The van der Waals surface area contributed by atoms with Crippen LogP contribution in [0.1, 0.15) is 12.5 Å². The molecule has 6 aromatic rings. The summed E-state index contributed by atoms with van der Waals surface area (Å²) in [7, 11) is 0. The third-order valence-corrected chi connectivity index (χ3v) is 5.83. The van der Waals surface area contributed by atoms with E-state index < -0.39 is 0 Å². The average molecular weight is 447 g/mol. The van der Waals surface area contributed by atoms with Gasteiger partial charge in [0, 0.05) is 59.6 Å². The van der Waals surface area contributed by atoms with Gasteiger partial charge in [0.15, 0.2) is 0 Å². The Labute approximate surface area is 195 Å². The summed E-state index contributed by atoms with van der Waals surface area (Å²) in [6.07, 6.45) is 9.09. The van der Waals surface area contributed by atoms with Crippen LogP contribution in [0.25, 0.3) is 55.8 Å². The Morgan fingerprint density at radius 1 is 0.853 bits per heavy atom. The van der Waals surface area contributed by atoms with Gasteiger partial charge in [0.1, 0.15) is 11.2 Å². The van der Waals surface area contributed by atoms with Gasteiger partial charge in [-0.15, -0.1) is 0 Å². The summed E-state index contributed by atoms with van der Waals surface area (Å²) in [5, 5.41) is 12.1. The van der Waals surface area contributed by atoms with E-state index in [-0.39, 0.29) is 0 Å². The highest BCUT2D eigenvalue weighted by atomic mass is 15.1. The monoisotopic (exact) mass is 446 g/mol. The molecule has 0 fully saturated rings. The van der Waals surface area contributed by atoms with Gasteiger partial charge >= 0.3 is 0 Å². The highest BCUT2D eigenvalue weighted by Crippen LogP contribution is 2.33. The minimum atomic E-state index is 0.769. The second-order valence-corrected chi connectivity index (χ2v) is 8.07.